The Hall–Kier alpha value is -1.27. The minimum absolute atomic E-state index is 0.0232. The molecule has 1 aromatic carbocycles. The molecule has 6 heteroatoms. The molecular formula is C14H16BrN3OS. The second-order valence-corrected chi connectivity index (χ2v) is 6.49. The second-order valence-electron chi connectivity index (χ2n) is 4.56. The summed E-state index contributed by atoms with van der Waals surface area (Å²) in [4.78, 5) is 13.1. The van der Waals surface area contributed by atoms with Crippen LogP contribution in [0.25, 0.3) is 0 Å². The highest BCUT2D eigenvalue weighted by atomic mass is 79.9. The van der Waals surface area contributed by atoms with Gasteiger partial charge in [0.05, 0.1) is 22.8 Å². The van der Waals surface area contributed by atoms with E-state index in [1.54, 1.807) is 0 Å². The number of carbonyl (C=O) groups excluding carboxylic acids is 1. The third-order valence-electron chi connectivity index (χ3n) is 2.89. The van der Waals surface area contributed by atoms with Gasteiger partial charge in [-0.1, -0.05) is 15.9 Å². The molecule has 2 N–H and O–H groups in total. The van der Waals surface area contributed by atoms with E-state index in [0.29, 0.717) is 5.75 Å². The molecule has 0 unspecified atom stereocenters. The summed E-state index contributed by atoms with van der Waals surface area (Å²) in [6.07, 6.45) is 0. The molecule has 0 atom stereocenters. The number of aryl methyl sites for hydroxylation is 3. The number of H-pyrrole nitrogens is 1. The quantitative estimate of drug-likeness (QED) is 0.821. The van der Waals surface area contributed by atoms with Crippen LogP contribution in [0.2, 0.25) is 0 Å². The third kappa shape index (κ3) is 3.64. The van der Waals surface area contributed by atoms with Crippen LogP contribution in [0.15, 0.2) is 27.6 Å². The van der Waals surface area contributed by atoms with E-state index in [9.17, 15) is 4.79 Å². The van der Waals surface area contributed by atoms with Gasteiger partial charge in [-0.2, -0.15) is 5.10 Å². The molecule has 106 valence electrons. The van der Waals surface area contributed by atoms with Gasteiger partial charge in [0.15, 0.2) is 0 Å². The van der Waals surface area contributed by atoms with E-state index in [-0.39, 0.29) is 5.91 Å². The first kappa shape index (κ1) is 15.1. The molecule has 0 fully saturated rings. The summed E-state index contributed by atoms with van der Waals surface area (Å²) in [5, 5.41) is 9.81. The van der Waals surface area contributed by atoms with Crippen LogP contribution in [0, 0.1) is 20.8 Å². The van der Waals surface area contributed by atoms with Gasteiger partial charge in [-0.25, -0.2) is 0 Å². The molecule has 2 rings (SSSR count). The second kappa shape index (κ2) is 6.45. The number of aromatic nitrogens is 2. The number of thioether (sulfide) groups is 1. The van der Waals surface area contributed by atoms with Gasteiger partial charge >= 0.3 is 0 Å². The van der Waals surface area contributed by atoms with Crippen molar-refractivity contribution in [3.63, 3.8) is 0 Å². The number of hydrogen-bond acceptors (Lipinski definition) is 3. The van der Waals surface area contributed by atoms with Gasteiger partial charge < -0.3 is 5.32 Å². The molecule has 0 aliphatic heterocycles. The zero-order valence-corrected chi connectivity index (χ0v) is 14.0. The minimum atomic E-state index is -0.0232. The maximum Gasteiger partial charge on any atom is 0.234 e. The third-order valence-corrected chi connectivity index (χ3v) is 4.56. The fourth-order valence-corrected chi connectivity index (χ4v) is 3.11. The van der Waals surface area contributed by atoms with Gasteiger partial charge in [0.2, 0.25) is 5.91 Å². The minimum Gasteiger partial charge on any atom is -0.322 e. The van der Waals surface area contributed by atoms with Crippen molar-refractivity contribution >= 4 is 39.3 Å². The predicted octanol–water partition coefficient (Wildman–Crippen LogP) is 3.83. The molecule has 20 heavy (non-hydrogen) atoms. The molecule has 1 aromatic heterocycles. The molecule has 2 aromatic rings. The van der Waals surface area contributed by atoms with E-state index in [2.05, 4.69) is 31.4 Å². The first-order chi connectivity index (χ1) is 9.47. The number of benzene rings is 1. The first-order valence-electron chi connectivity index (χ1n) is 6.17. The Balaban J connectivity index is 1.96. The summed E-state index contributed by atoms with van der Waals surface area (Å²) in [5.41, 5.74) is 3.62. The molecule has 0 radical (unpaired) electrons. The number of aromatic amines is 1. The highest BCUT2D eigenvalue weighted by Crippen LogP contribution is 2.25. The zero-order valence-electron chi connectivity index (χ0n) is 11.6. The van der Waals surface area contributed by atoms with Crippen LogP contribution in [0.3, 0.4) is 0 Å². The zero-order chi connectivity index (χ0) is 14.7. The fraction of sp³-hybridized carbons (Fsp3) is 0.286. The van der Waals surface area contributed by atoms with Crippen molar-refractivity contribution < 1.29 is 4.79 Å². The Morgan fingerprint density at radius 1 is 1.40 bits per heavy atom. The van der Waals surface area contributed by atoms with Crippen LogP contribution in [0.4, 0.5) is 5.69 Å². The topological polar surface area (TPSA) is 57.8 Å². The molecule has 0 saturated heterocycles. The average Bonchev–Trinajstić information content (AvgIpc) is 2.69. The fourth-order valence-electron chi connectivity index (χ4n) is 1.83. The van der Waals surface area contributed by atoms with Crippen molar-refractivity contribution in [1.82, 2.24) is 10.2 Å². The summed E-state index contributed by atoms with van der Waals surface area (Å²) in [5.74, 6) is 0.358. The van der Waals surface area contributed by atoms with Crippen LogP contribution in [-0.4, -0.2) is 21.9 Å². The summed E-state index contributed by atoms with van der Waals surface area (Å²) in [6, 6.07) is 6.05. The highest BCUT2D eigenvalue weighted by Gasteiger charge is 2.11. The Kier molecular flexibility index (Phi) is 4.88. The van der Waals surface area contributed by atoms with E-state index < -0.39 is 0 Å². The molecule has 0 spiro atoms. The number of halogens is 1. The summed E-state index contributed by atoms with van der Waals surface area (Å²) < 4.78 is 1.05. The van der Waals surface area contributed by atoms with Crippen molar-refractivity contribution in [2.75, 3.05) is 11.1 Å². The van der Waals surface area contributed by atoms with E-state index in [0.717, 1.165) is 32.0 Å². The van der Waals surface area contributed by atoms with Crippen LogP contribution in [0.5, 0.6) is 0 Å². The van der Waals surface area contributed by atoms with Gasteiger partial charge in [-0.05, 0) is 44.5 Å². The van der Waals surface area contributed by atoms with E-state index in [4.69, 9.17) is 0 Å². The SMILES string of the molecule is Cc1cc(Br)ccc1SCC(=O)Nc1c(C)n[nH]c1C. The van der Waals surface area contributed by atoms with Crippen LogP contribution in [0.1, 0.15) is 17.0 Å². The molecular weight excluding hydrogens is 338 g/mol. The normalized spacial score (nSPS) is 10.6. The van der Waals surface area contributed by atoms with Crippen LogP contribution < -0.4 is 5.32 Å². The molecule has 1 heterocycles. The predicted molar refractivity (Wildman–Crippen MR) is 86.3 cm³/mol. The Morgan fingerprint density at radius 2 is 2.15 bits per heavy atom. The smallest absolute Gasteiger partial charge is 0.234 e. The van der Waals surface area contributed by atoms with Crippen molar-refractivity contribution in [3.05, 3.63) is 39.6 Å². The molecule has 0 saturated carbocycles. The number of carbonyl (C=O) groups is 1. The Bertz CT molecular complexity index is 620. The Labute approximate surface area is 130 Å². The number of amides is 1. The number of anilines is 1. The lowest BCUT2D eigenvalue weighted by Gasteiger charge is -2.07. The first-order valence-corrected chi connectivity index (χ1v) is 7.95. The lowest BCUT2D eigenvalue weighted by atomic mass is 10.2. The molecule has 0 aliphatic carbocycles. The van der Waals surface area contributed by atoms with Gasteiger partial charge in [0, 0.05) is 9.37 Å². The number of nitrogens with one attached hydrogen (secondary N) is 2. The molecule has 0 aliphatic rings. The Morgan fingerprint density at radius 3 is 2.75 bits per heavy atom. The monoisotopic (exact) mass is 353 g/mol. The van der Waals surface area contributed by atoms with Gasteiger partial charge in [0.1, 0.15) is 0 Å². The van der Waals surface area contributed by atoms with E-state index >= 15 is 0 Å². The van der Waals surface area contributed by atoms with Crippen LogP contribution in [-0.2, 0) is 4.79 Å². The van der Waals surface area contributed by atoms with E-state index in [1.165, 1.54) is 11.8 Å². The van der Waals surface area contributed by atoms with Crippen molar-refractivity contribution in [1.29, 1.82) is 0 Å². The lowest BCUT2D eigenvalue weighted by Crippen LogP contribution is -2.15. The van der Waals surface area contributed by atoms with Gasteiger partial charge in [-0.15, -0.1) is 11.8 Å². The number of nitrogens with zero attached hydrogens (tertiary/aromatic N) is 1. The molecule has 0 bridgehead atoms. The van der Waals surface area contributed by atoms with E-state index in [1.807, 2.05) is 39.0 Å². The largest absolute Gasteiger partial charge is 0.322 e. The molecule has 1 amide bonds. The van der Waals surface area contributed by atoms with Crippen LogP contribution >= 0.6 is 27.7 Å². The van der Waals surface area contributed by atoms with Gasteiger partial charge in [-0.3, -0.25) is 9.89 Å². The molecule has 4 nitrogen and oxygen atoms in total. The van der Waals surface area contributed by atoms with Crippen molar-refractivity contribution in [2.45, 2.75) is 25.7 Å². The maximum atomic E-state index is 12.0. The van der Waals surface area contributed by atoms with Crippen molar-refractivity contribution in [2.24, 2.45) is 0 Å². The summed E-state index contributed by atoms with van der Waals surface area (Å²) in [7, 11) is 0. The maximum absolute atomic E-state index is 12.0. The number of hydrogen-bond donors (Lipinski definition) is 2. The standard InChI is InChI=1S/C14H16BrN3OS/c1-8-6-11(15)4-5-12(8)20-7-13(19)16-14-9(2)17-18-10(14)3/h4-6H,7H2,1-3H3,(H,16,19)(H,17,18). The highest BCUT2D eigenvalue weighted by molar-refractivity contribution is 9.10. The average molecular weight is 354 g/mol. The lowest BCUT2D eigenvalue weighted by molar-refractivity contribution is -0.113. The van der Waals surface area contributed by atoms with Gasteiger partial charge in [0.25, 0.3) is 0 Å². The summed E-state index contributed by atoms with van der Waals surface area (Å²) >= 11 is 4.97. The number of rotatable bonds is 4. The summed E-state index contributed by atoms with van der Waals surface area (Å²) in [6.45, 7) is 5.79. The van der Waals surface area contributed by atoms with Crippen molar-refractivity contribution in [3.8, 4) is 0 Å².